The normalized spacial score (nSPS) is 33.1. The number of nitrogens with zero attached hydrogens (tertiary/aromatic N) is 1. The largest absolute Gasteiger partial charge is 0.373 e. The molecule has 3 rings (SSSR count). The highest BCUT2D eigenvalue weighted by Crippen LogP contribution is 2.27. The molecule has 0 aromatic rings. The summed E-state index contributed by atoms with van der Waals surface area (Å²) in [5.41, 5.74) is 0. The van der Waals surface area contributed by atoms with Gasteiger partial charge in [0.05, 0.1) is 25.4 Å². The minimum absolute atomic E-state index is 0.0387. The Morgan fingerprint density at radius 1 is 1.00 bits per heavy atom. The van der Waals surface area contributed by atoms with Gasteiger partial charge in [-0.2, -0.15) is 0 Å². The predicted molar refractivity (Wildman–Crippen MR) is 80.2 cm³/mol. The molecule has 0 aromatic heterocycles. The summed E-state index contributed by atoms with van der Waals surface area (Å²) >= 11 is 0. The van der Waals surface area contributed by atoms with Crippen LogP contribution in [0.5, 0.6) is 0 Å². The Kier molecular flexibility index (Phi) is 4.98. The summed E-state index contributed by atoms with van der Waals surface area (Å²) < 4.78 is 11.5. The highest BCUT2D eigenvalue weighted by Gasteiger charge is 2.35. The van der Waals surface area contributed by atoms with Crippen LogP contribution < -0.4 is 5.32 Å². The van der Waals surface area contributed by atoms with Crippen molar-refractivity contribution in [1.82, 2.24) is 10.2 Å². The van der Waals surface area contributed by atoms with E-state index in [2.05, 4.69) is 5.32 Å². The zero-order valence-corrected chi connectivity index (χ0v) is 13.3. The Hall–Kier alpha value is -1.14. The maximum absolute atomic E-state index is 12.4. The molecule has 6 heteroatoms. The van der Waals surface area contributed by atoms with Gasteiger partial charge in [0.2, 0.25) is 11.8 Å². The standard InChI is InChI=1S/C16H26N2O4/c1-11(19)18-6-4-12(5-7-18)16(20)17-13-2-3-14-15(10-13)22-9-8-21-14/h12-15H,2-10H2,1H3,(H,17,20)/t13-,14-,15+/m1/s1. The van der Waals surface area contributed by atoms with Gasteiger partial charge in [-0.3, -0.25) is 9.59 Å². The number of fused-ring (bicyclic) bond motifs is 1. The van der Waals surface area contributed by atoms with Crippen molar-refractivity contribution >= 4 is 11.8 Å². The number of amides is 2. The van der Waals surface area contributed by atoms with Gasteiger partial charge in [-0.1, -0.05) is 0 Å². The lowest BCUT2D eigenvalue weighted by Crippen LogP contribution is -2.51. The molecule has 124 valence electrons. The van der Waals surface area contributed by atoms with Crippen molar-refractivity contribution in [3.05, 3.63) is 0 Å². The van der Waals surface area contributed by atoms with Gasteiger partial charge in [-0.15, -0.1) is 0 Å². The number of piperidine rings is 1. The number of nitrogens with one attached hydrogen (secondary N) is 1. The fourth-order valence-electron chi connectivity index (χ4n) is 3.77. The molecule has 2 heterocycles. The lowest BCUT2D eigenvalue weighted by Gasteiger charge is -2.39. The van der Waals surface area contributed by atoms with Gasteiger partial charge in [0, 0.05) is 32.0 Å². The fourth-order valence-corrected chi connectivity index (χ4v) is 3.77. The first-order chi connectivity index (χ1) is 10.6. The van der Waals surface area contributed by atoms with Crippen LogP contribution in [0.1, 0.15) is 39.0 Å². The molecular formula is C16H26N2O4. The lowest BCUT2D eigenvalue weighted by molar-refractivity contribution is -0.159. The number of hydrogen-bond donors (Lipinski definition) is 1. The van der Waals surface area contributed by atoms with Crippen LogP contribution in [0, 0.1) is 5.92 Å². The predicted octanol–water partition coefficient (Wildman–Crippen LogP) is 0.698. The van der Waals surface area contributed by atoms with Crippen molar-refractivity contribution in [1.29, 1.82) is 0 Å². The zero-order chi connectivity index (χ0) is 15.5. The van der Waals surface area contributed by atoms with Crippen molar-refractivity contribution < 1.29 is 19.1 Å². The molecular weight excluding hydrogens is 284 g/mol. The van der Waals surface area contributed by atoms with Crippen LogP contribution in [0.25, 0.3) is 0 Å². The van der Waals surface area contributed by atoms with Crippen LogP contribution in [-0.2, 0) is 19.1 Å². The topological polar surface area (TPSA) is 67.9 Å². The molecule has 0 aromatic carbocycles. The molecule has 22 heavy (non-hydrogen) atoms. The summed E-state index contributed by atoms with van der Waals surface area (Å²) in [4.78, 5) is 25.6. The minimum Gasteiger partial charge on any atom is -0.373 e. The number of hydrogen-bond acceptors (Lipinski definition) is 4. The molecule has 0 spiro atoms. The first-order valence-corrected chi connectivity index (χ1v) is 8.42. The number of carbonyl (C=O) groups excluding carboxylic acids is 2. The van der Waals surface area contributed by atoms with Crippen LogP contribution in [-0.4, -0.2) is 61.3 Å². The minimum atomic E-state index is 0.0387. The fraction of sp³-hybridized carbons (Fsp3) is 0.875. The third-order valence-electron chi connectivity index (χ3n) is 5.14. The van der Waals surface area contributed by atoms with Crippen LogP contribution in [0.3, 0.4) is 0 Å². The zero-order valence-electron chi connectivity index (χ0n) is 13.3. The summed E-state index contributed by atoms with van der Waals surface area (Å²) in [7, 11) is 0. The van der Waals surface area contributed by atoms with Gasteiger partial charge in [0.1, 0.15) is 0 Å². The average Bonchev–Trinajstić information content (AvgIpc) is 2.55. The Morgan fingerprint density at radius 2 is 1.68 bits per heavy atom. The van der Waals surface area contributed by atoms with E-state index in [0.29, 0.717) is 26.3 Å². The number of rotatable bonds is 2. The summed E-state index contributed by atoms with van der Waals surface area (Å²) in [5.74, 6) is 0.284. The van der Waals surface area contributed by atoms with Gasteiger partial charge in [0.15, 0.2) is 0 Å². The molecule has 1 saturated carbocycles. The number of carbonyl (C=O) groups is 2. The number of ether oxygens (including phenoxy) is 2. The molecule has 3 atom stereocenters. The Balaban J connectivity index is 1.45. The molecule has 0 unspecified atom stereocenters. The Bertz CT molecular complexity index is 420. The van der Waals surface area contributed by atoms with Crippen molar-refractivity contribution in [2.24, 2.45) is 5.92 Å². The first-order valence-electron chi connectivity index (χ1n) is 8.42. The van der Waals surface area contributed by atoms with E-state index in [4.69, 9.17) is 9.47 Å². The van der Waals surface area contributed by atoms with Gasteiger partial charge in [0.25, 0.3) is 0 Å². The van der Waals surface area contributed by atoms with E-state index in [9.17, 15) is 9.59 Å². The summed E-state index contributed by atoms with van der Waals surface area (Å²) in [6.45, 7) is 4.32. The Labute approximate surface area is 131 Å². The van der Waals surface area contributed by atoms with Gasteiger partial charge >= 0.3 is 0 Å². The van der Waals surface area contributed by atoms with E-state index in [-0.39, 0.29) is 36.0 Å². The lowest BCUT2D eigenvalue weighted by atomic mass is 9.88. The second-order valence-corrected chi connectivity index (χ2v) is 6.62. The smallest absolute Gasteiger partial charge is 0.223 e. The second kappa shape index (κ2) is 6.96. The van der Waals surface area contributed by atoms with Crippen LogP contribution in [0.15, 0.2) is 0 Å². The van der Waals surface area contributed by atoms with Crippen LogP contribution in [0.2, 0.25) is 0 Å². The van der Waals surface area contributed by atoms with Gasteiger partial charge < -0.3 is 19.7 Å². The maximum atomic E-state index is 12.4. The molecule has 3 fully saturated rings. The summed E-state index contributed by atoms with van der Waals surface area (Å²) in [6, 6.07) is 0.196. The van der Waals surface area contributed by atoms with E-state index < -0.39 is 0 Å². The third-order valence-corrected chi connectivity index (χ3v) is 5.14. The summed E-state index contributed by atoms with van der Waals surface area (Å²) in [5, 5.41) is 3.19. The molecule has 0 radical (unpaired) electrons. The average molecular weight is 310 g/mol. The van der Waals surface area contributed by atoms with Gasteiger partial charge in [-0.05, 0) is 32.1 Å². The van der Waals surface area contributed by atoms with E-state index in [0.717, 1.165) is 32.1 Å². The summed E-state index contributed by atoms with van der Waals surface area (Å²) in [6.07, 6.45) is 4.64. The van der Waals surface area contributed by atoms with E-state index in [1.807, 2.05) is 4.90 Å². The SMILES string of the molecule is CC(=O)N1CCC(C(=O)N[C@@H]2CC[C@H]3OCCO[C@H]3C2)CC1. The molecule has 2 saturated heterocycles. The maximum Gasteiger partial charge on any atom is 0.223 e. The number of likely N-dealkylation sites (tertiary alicyclic amines) is 1. The molecule has 6 nitrogen and oxygen atoms in total. The van der Waals surface area contributed by atoms with Gasteiger partial charge in [-0.25, -0.2) is 0 Å². The van der Waals surface area contributed by atoms with E-state index >= 15 is 0 Å². The molecule has 1 N–H and O–H groups in total. The monoisotopic (exact) mass is 310 g/mol. The van der Waals surface area contributed by atoms with Crippen LogP contribution in [0.4, 0.5) is 0 Å². The molecule has 1 aliphatic carbocycles. The van der Waals surface area contributed by atoms with E-state index in [1.54, 1.807) is 6.92 Å². The molecule has 2 aliphatic heterocycles. The first kappa shape index (κ1) is 15.7. The van der Waals surface area contributed by atoms with Crippen molar-refractivity contribution in [3.63, 3.8) is 0 Å². The van der Waals surface area contributed by atoms with Crippen molar-refractivity contribution in [2.45, 2.75) is 57.3 Å². The molecule has 0 bridgehead atoms. The molecule has 2 amide bonds. The second-order valence-electron chi connectivity index (χ2n) is 6.62. The highest BCUT2D eigenvalue weighted by molar-refractivity contribution is 5.79. The third kappa shape index (κ3) is 3.60. The molecule has 3 aliphatic rings. The van der Waals surface area contributed by atoms with Crippen molar-refractivity contribution in [3.8, 4) is 0 Å². The van der Waals surface area contributed by atoms with Crippen molar-refractivity contribution in [2.75, 3.05) is 26.3 Å². The van der Waals surface area contributed by atoms with E-state index in [1.165, 1.54) is 0 Å². The van der Waals surface area contributed by atoms with Crippen LogP contribution >= 0.6 is 0 Å². The highest BCUT2D eigenvalue weighted by atomic mass is 16.6. The quantitative estimate of drug-likeness (QED) is 0.815. The Morgan fingerprint density at radius 3 is 2.36 bits per heavy atom.